The van der Waals surface area contributed by atoms with Gasteiger partial charge in [0.2, 0.25) is 5.88 Å². The van der Waals surface area contributed by atoms with Gasteiger partial charge in [0.15, 0.2) is 0 Å². The summed E-state index contributed by atoms with van der Waals surface area (Å²) < 4.78 is 29.9. The molecule has 1 heterocycles. The molecule has 0 aliphatic heterocycles. The Kier molecular flexibility index (Phi) is 3.35. The second-order valence-electron chi connectivity index (χ2n) is 2.69. The normalized spacial score (nSPS) is 9.94. The van der Waals surface area contributed by atoms with Gasteiger partial charge >= 0.3 is 5.97 Å². The Bertz CT molecular complexity index is 469. The lowest BCUT2D eigenvalue weighted by molar-refractivity contribution is 0.0682. The van der Waals surface area contributed by atoms with Gasteiger partial charge in [-0.3, -0.25) is 0 Å². The minimum Gasteiger partial charge on any atom is -0.481 e. The number of nitrogens with zero attached hydrogens (tertiary/aromatic N) is 2. The number of methoxy groups -OCH3 is 1. The third kappa shape index (κ3) is 1.91. The number of halogens is 2. The van der Waals surface area contributed by atoms with Crippen LogP contribution in [0.1, 0.15) is 27.9 Å². The first kappa shape index (κ1) is 11.8. The molecule has 1 rings (SSSR count). The lowest BCUT2D eigenvalue weighted by Gasteiger charge is -2.10. The first-order chi connectivity index (χ1) is 7.52. The third-order valence-electron chi connectivity index (χ3n) is 1.83. The van der Waals surface area contributed by atoms with E-state index in [4.69, 9.17) is 10.4 Å². The fraction of sp³-hybridized carbons (Fsp3) is 0.222. The van der Waals surface area contributed by atoms with E-state index in [2.05, 4.69) is 9.72 Å². The van der Waals surface area contributed by atoms with Crippen molar-refractivity contribution in [3.63, 3.8) is 0 Å². The summed E-state index contributed by atoms with van der Waals surface area (Å²) in [7, 11) is 1.09. The van der Waals surface area contributed by atoms with Crippen LogP contribution in [-0.4, -0.2) is 23.2 Å². The van der Waals surface area contributed by atoms with E-state index >= 15 is 0 Å². The zero-order chi connectivity index (χ0) is 12.3. The molecule has 0 aliphatic rings. The molecule has 84 valence electrons. The van der Waals surface area contributed by atoms with Crippen LogP contribution in [0.15, 0.2) is 6.20 Å². The molecule has 7 heteroatoms. The number of nitriles is 1. The quantitative estimate of drug-likeness (QED) is 0.849. The number of rotatable bonds is 3. The lowest BCUT2D eigenvalue weighted by Crippen LogP contribution is -2.09. The smallest absolute Gasteiger partial charge is 0.337 e. The van der Waals surface area contributed by atoms with Gasteiger partial charge in [0.05, 0.1) is 23.8 Å². The number of carboxylic acid groups (broad SMARTS) is 1. The summed E-state index contributed by atoms with van der Waals surface area (Å²) in [5, 5.41) is 17.4. The van der Waals surface area contributed by atoms with Gasteiger partial charge in [-0.1, -0.05) is 0 Å². The number of ether oxygens (including phenoxy) is 1. The molecule has 5 nitrogen and oxygen atoms in total. The summed E-state index contributed by atoms with van der Waals surface area (Å²) in [5.74, 6) is -2.11. The standard InChI is InChI=1S/C9H6F2N2O3/c1-16-8-6(7(10)11)5(9(14)15)4(2-12)3-13-8/h3,7H,1H3,(H,14,15). The number of aromatic nitrogens is 1. The first-order valence-corrected chi connectivity index (χ1v) is 4.01. The summed E-state index contributed by atoms with van der Waals surface area (Å²) in [6.07, 6.45) is -2.20. The summed E-state index contributed by atoms with van der Waals surface area (Å²) in [6.45, 7) is 0. The van der Waals surface area contributed by atoms with Crippen LogP contribution in [0.25, 0.3) is 0 Å². The van der Waals surface area contributed by atoms with E-state index in [-0.39, 0.29) is 0 Å². The van der Waals surface area contributed by atoms with Crippen molar-refractivity contribution < 1.29 is 23.4 Å². The molecule has 0 bridgehead atoms. The van der Waals surface area contributed by atoms with Crippen molar-refractivity contribution in [2.75, 3.05) is 7.11 Å². The predicted molar refractivity (Wildman–Crippen MR) is 47.4 cm³/mol. The van der Waals surface area contributed by atoms with Crippen molar-refractivity contribution >= 4 is 5.97 Å². The molecule has 0 radical (unpaired) electrons. The van der Waals surface area contributed by atoms with Crippen LogP contribution in [0.3, 0.4) is 0 Å². The topological polar surface area (TPSA) is 83.2 Å². The zero-order valence-electron chi connectivity index (χ0n) is 8.07. The number of hydrogen-bond acceptors (Lipinski definition) is 4. The van der Waals surface area contributed by atoms with Gasteiger partial charge in [0, 0.05) is 6.20 Å². The van der Waals surface area contributed by atoms with Crippen LogP contribution < -0.4 is 4.74 Å². The van der Waals surface area contributed by atoms with Crippen molar-refractivity contribution in [3.8, 4) is 11.9 Å². The molecule has 0 unspecified atom stereocenters. The minimum absolute atomic E-state index is 0.427. The van der Waals surface area contributed by atoms with Crippen LogP contribution in [0.5, 0.6) is 5.88 Å². The molecule has 0 atom stereocenters. The Balaban J connectivity index is 3.61. The fourth-order valence-corrected chi connectivity index (χ4v) is 1.19. The van der Waals surface area contributed by atoms with Crippen molar-refractivity contribution in [2.24, 2.45) is 0 Å². The summed E-state index contributed by atoms with van der Waals surface area (Å²) in [4.78, 5) is 14.3. The van der Waals surface area contributed by atoms with Crippen molar-refractivity contribution in [3.05, 3.63) is 22.9 Å². The number of hydrogen-bond donors (Lipinski definition) is 1. The Labute approximate surface area is 88.9 Å². The van der Waals surface area contributed by atoms with Crippen LogP contribution in [0.4, 0.5) is 8.78 Å². The summed E-state index contributed by atoms with van der Waals surface area (Å²) >= 11 is 0. The van der Waals surface area contributed by atoms with E-state index in [0.29, 0.717) is 0 Å². The van der Waals surface area contributed by atoms with Gasteiger partial charge < -0.3 is 9.84 Å². The van der Waals surface area contributed by atoms with Crippen LogP contribution >= 0.6 is 0 Å². The molecule has 0 saturated carbocycles. The highest BCUT2D eigenvalue weighted by Gasteiger charge is 2.27. The lowest BCUT2D eigenvalue weighted by atomic mass is 10.1. The Morgan fingerprint density at radius 1 is 1.69 bits per heavy atom. The predicted octanol–water partition coefficient (Wildman–Crippen LogP) is 1.60. The van der Waals surface area contributed by atoms with Gasteiger partial charge in [0.1, 0.15) is 6.07 Å². The van der Waals surface area contributed by atoms with Crippen molar-refractivity contribution in [1.82, 2.24) is 4.98 Å². The number of pyridine rings is 1. The Morgan fingerprint density at radius 2 is 2.31 bits per heavy atom. The fourth-order valence-electron chi connectivity index (χ4n) is 1.19. The van der Waals surface area contributed by atoms with Gasteiger partial charge in [-0.2, -0.15) is 5.26 Å². The molecule has 1 N–H and O–H groups in total. The Morgan fingerprint density at radius 3 is 2.69 bits per heavy atom. The molecule has 0 aliphatic carbocycles. The molecule has 0 saturated heterocycles. The van der Waals surface area contributed by atoms with Crippen molar-refractivity contribution in [1.29, 1.82) is 5.26 Å². The maximum atomic E-state index is 12.7. The van der Waals surface area contributed by atoms with E-state index in [9.17, 15) is 13.6 Å². The second kappa shape index (κ2) is 4.53. The van der Waals surface area contributed by atoms with E-state index in [1.807, 2.05) is 0 Å². The minimum atomic E-state index is -3.08. The largest absolute Gasteiger partial charge is 0.481 e. The van der Waals surface area contributed by atoms with E-state index in [1.165, 1.54) is 6.07 Å². The van der Waals surface area contributed by atoms with Gasteiger partial charge in [-0.05, 0) is 0 Å². The molecule has 1 aromatic heterocycles. The highest BCUT2D eigenvalue weighted by Crippen LogP contribution is 2.32. The maximum Gasteiger partial charge on any atom is 0.337 e. The molecule has 1 aromatic rings. The van der Waals surface area contributed by atoms with E-state index in [1.54, 1.807) is 0 Å². The van der Waals surface area contributed by atoms with Gasteiger partial charge in [-0.25, -0.2) is 18.6 Å². The molecule has 0 spiro atoms. The summed E-state index contributed by atoms with van der Waals surface area (Å²) in [5.41, 5.74) is -2.08. The monoisotopic (exact) mass is 228 g/mol. The molecular weight excluding hydrogens is 222 g/mol. The average molecular weight is 228 g/mol. The molecule has 0 aromatic carbocycles. The number of carboxylic acids is 1. The summed E-state index contributed by atoms with van der Waals surface area (Å²) in [6, 6.07) is 1.49. The van der Waals surface area contributed by atoms with Crippen LogP contribution in [0.2, 0.25) is 0 Å². The Hall–Kier alpha value is -2.23. The zero-order valence-corrected chi connectivity index (χ0v) is 8.07. The number of carbonyl (C=O) groups is 1. The third-order valence-corrected chi connectivity index (χ3v) is 1.83. The first-order valence-electron chi connectivity index (χ1n) is 4.01. The molecule has 0 amide bonds. The van der Waals surface area contributed by atoms with Gasteiger partial charge in [0.25, 0.3) is 6.43 Å². The van der Waals surface area contributed by atoms with E-state index < -0.39 is 35.0 Å². The molecular formula is C9H6F2N2O3. The highest BCUT2D eigenvalue weighted by atomic mass is 19.3. The van der Waals surface area contributed by atoms with Gasteiger partial charge in [-0.15, -0.1) is 0 Å². The van der Waals surface area contributed by atoms with Crippen LogP contribution in [-0.2, 0) is 0 Å². The van der Waals surface area contributed by atoms with E-state index in [0.717, 1.165) is 13.3 Å². The number of alkyl halides is 2. The number of aromatic carboxylic acids is 1. The second-order valence-corrected chi connectivity index (χ2v) is 2.69. The van der Waals surface area contributed by atoms with Crippen LogP contribution in [0, 0.1) is 11.3 Å². The molecule has 0 fully saturated rings. The maximum absolute atomic E-state index is 12.7. The average Bonchev–Trinajstić information content (AvgIpc) is 2.26. The highest BCUT2D eigenvalue weighted by molar-refractivity contribution is 5.93. The SMILES string of the molecule is COc1ncc(C#N)c(C(=O)O)c1C(F)F. The molecule has 16 heavy (non-hydrogen) atoms. The van der Waals surface area contributed by atoms with Crippen molar-refractivity contribution in [2.45, 2.75) is 6.43 Å².